The van der Waals surface area contributed by atoms with Gasteiger partial charge in [-0.15, -0.1) is 5.10 Å². The van der Waals surface area contributed by atoms with Gasteiger partial charge in [-0.25, -0.2) is 0 Å². The van der Waals surface area contributed by atoms with Gasteiger partial charge in [0.25, 0.3) is 0 Å². The Labute approximate surface area is 114 Å². The number of aromatic nitrogens is 4. The highest BCUT2D eigenvalue weighted by Crippen LogP contribution is 2.30. The summed E-state index contributed by atoms with van der Waals surface area (Å²) >= 11 is 6.03. The van der Waals surface area contributed by atoms with Crippen molar-refractivity contribution in [2.45, 2.75) is 0 Å². The van der Waals surface area contributed by atoms with Gasteiger partial charge in [0.2, 0.25) is 0 Å². The van der Waals surface area contributed by atoms with Gasteiger partial charge in [0.05, 0.1) is 16.4 Å². The summed E-state index contributed by atoms with van der Waals surface area (Å²) in [6.45, 7) is 0. The Balaban J connectivity index is 2.18. The molecule has 3 aromatic rings. The van der Waals surface area contributed by atoms with Crippen LogP contribution in [-0.4, -0.2) is 20.2 Å². The minimum atomic E-state index is 0.469. The minimum Gasteiger partial charge on any atom is -0.397 e. The van der Waals surface area contributed by atoms with Crippen LogP contribution in [0.1, 0.15) is 0 Å². The van der Waals surface area contributed by atoms with E-state index in [2.05, 4.69) is 15.5 Å². The van der Waals surface area contributed by atoms with Gasteiger partial charge in [-0.2, -0.15) is 4.68 Å². The topological polar surface area (TPSA) is 69.6 Å². The first kappa shape index (κ1) is 11.7. The van der Waals surface area contributed by atoms with Crippen molar-refractivity contribution in [3.63, 3.8) is 0 Å². The maximum absolute atomic E-state index is 6.03. The average molecular weight is 272 g/mol. The first-order valence-electron chi connectivity index (χ1n) is 5.65. The third-order valence-electron chi connectivity index (χ3n) is 2.76. The van der Waals surface area contributed by atoms with Crippen LogP contribution in [0.4, 0.5) is 5.69 Å². The maximum atomic E-state index is 6.03. The summed E-state index contributed by atoms with van der Waals surface area (Å²) in [4.78, 5) is 0. The second-order valence-corrected chi connectivity index (χ2v) is 4.36. The molecule has 6 heteroatoms. The molecule has 5 nitrogen and oxygen atoms in total. The smallest absolute Gasteiger partial charge is 0.189 e. The highest BCUT2D eigenvalue weighted by Gasteiger charge is 2.14. The van der Waals surface area contributed by atoms with E-state index in [0.717, 1.165) is 5.69 Å². The van der Waals surface area contributed by atoms with Crippen LogP contribution in [-0.2, 0) is 0 Å². The standard InChI is InChI=1S/C13H10ClN5/c14-11-8-4-7-10(12(11)15)13-16-17-18-19(13)9-5-2-1-3-6-9/h1-8H,15H2. The number of anilines is 1. The molecule has 0 saturated heterocycles. The quantitative estimate of drug-likeness (QED) is 0.727. The first-order chi connectivity index (χ1) is 9.27. The van der Waals surface area contributed by atoms with Crippen molar-refractivity contribution in [3.8, 4) is 17.1 Å². The number of nitrogen functional groups attached to an aromatic ring is 1. The number of halogens is 1. The van der Waals surface area contributed by atoms with Gasteiger partial charge in [0, 0.05) is 5.56 Å². The fourth-order valence-electron chi connectivity index (χ4n) is 1.83. The number of hydrogen-bond acceptors (Lipinski definition) is 4. The zero-order valence-electron chi connectivity index (χ0n) is 9.86. The summed E-state index contributed by atoms with van der Waals surface area (Å²) in [5.74, 6) is 0.561. The molecule has 2 aromatic carbocycles. The monoisotopic (exact) mass is 271 g/mol. The van der Waals surface area contributed by atoms with E-state index in [1.165, 1.54) is 0 Å². The molecule has 1 aromatic heterocycles. The third-order valence-corrected chi connectivity index (χ3v) is 3.09. The molecule has 19 heavy (non-hydrogen) atoms. The summed E-state index contributed by atoms with van der Waals surface area (Å²) in [7, 11) is 0. The molecular weight excluding hydrogens is 262 g/mol. The third kappa shape index (κ3) is 2.04. The van der Waals surface area contributed by atoms with Gasteiger partial charge in [-0.3, -0.25) is 0 Å². The molecule has 0 fully saturated rings. The Hall–Kier alpha value is -2.40. The van der Waals surface area contributed by atoms with Crippen LogP contribution < -0.4 is 5.73 Å². The molecule has 0 unspecified atom stereocenters. The van der Waals surface area contributed by atoms with E-state index in [0.29, 0.717) is 22.1 Å². The van der Waals surface area contributed by atoms with E-state index >= 15 is 0 Å². The Morgan fingerprint density at radius 3 is 2.58 bits per heavy atom. The molecule has 0 aliphatic carbocycles. The summed E-state index contributed by atoms with van der Waals surface area (Å²) in [5, 5.41) is 12.2. The van der Waals surface area contributed by atoms with Crippen molar-refractivity contribution in [1.29, 1.82) is 0 Å². The molecule has 0 atom stereocenters. The number of benzene rings is 2. The van der Waals surface area contributed by atoms with Crippen molar-refractivity contribution in [3.05, 3.63) is 53.6 Å². The highest BCUT2D eigenvalue weighted by molar-refractivity contribution is 6.33. The minimum absolute atomic E-state index is 0.469. The van der Waals surface area contributed by atoms with Crippen LogP contribution in [0.5, 0.6) is 0 Å². The van der Waals surface area contributed by atoms with Gasteiger partial charge in [-0.05, 0) is 34.7 Å². The van der Waals surface area contributed by atoms with Crippen LogP contribution >= 0.6 is 11.6 Å². The van der Waals surface area contributed by atoms with E-state index < -0.39 is 0 Å². The molecule has 1 heterocycles. The van der Waals surface area contributed by atoms with E-state index in [9.17, 15) is 0 Å². The molecule has 0 saturated carbocycles. The maximum Gasteiger partial charge on any atom is 0.189 e. The first-order valence-corrected chi connectivity index (χ1v) is 6.03. The lowest BCUT2D eigenvalue weighted by Crippen LogP contribution is -2.01. The summed E-state index contributed by atoms with van der Waals surface area (Å²) in [6, 6.07) is 15.0. The lowest BCUT2D eigenvalue weighted by Gasteiger charge is -2.07. The molecule has 0 aliphatic rings. The second-order valence-electron chi connectivity index (χ2n) is 3.95. The fraction of sp³-hybridized carbons (Fsp3) is 0. The van der Waals surface area contributed by atoms with Crippen LogP contribution in [0.15, 0.2) is 48.5 Å². The molecule has 0 amide bonds. The molecule has 0 spiro atoms. The van der Waals surface area contributed by atoms with E-state index in [-0.39, 0.29) is 0 Å². The Kier molecular flexibility index (Phi) is 2.89. The lowest BCUT2D eigenvalue weighted by molar-refractivity contribution is 0.791. The van der Waals surface area contributed by atoms with E-state index in [1.807, 2.05) is 42.5 Å². The van der Waals surface area contributed by atoms with E-state index in [4.69, 9.17) is 17.3 Å². The molecule has 0 radical (unpaired) electrons. The Bertz CT molecular complexity index is 708. The largest absolute Gasteiger partial charge is 0.397 e. The number of tetrazole rings is 1. The van der Waals surface area contributed by atoms with Gasteiger partial charge in [-0.1, -0.05) is 35.9 Å². The van der Waals surface area contributed by atoms with Crippen LogP contribution in [0.2, 0.25) is 5.02 Å². The summed E-state index contributed by atoms with van der Waals surface area (Å²) in [5.41, 5.74) is 8.02. The summed E-state index contributed by atoms with van der Waals surface area (Å²) < 4.78 is 1.63. The molecule has 3 rings (SSSR count). The molecule has 2 N–H and O–H groups in total. The lowest BCUT2D eigenvalue weighted by atomic mass is 10.1. The SMILES string of the molecule is Nc1c(Cl)cccc1-c1nnnn1-c1ccccc1. The molecular formula is C13H10ClN5. The normalized spacial score (nSPS) is 10.6. The Morgan fingerprint density at radius 2 is 1.79 bits per heavy atom. The second kappa shape index (κ2) is 4.70. The van der Waals surface area contributed by atoms with Crippen LogP contribution in [0.25, 0.3) is 17.1 Å². The number of para-hydroxylation sites is 2. The van der Waals surface area contributed by atoms with Crippen LogP contribution in [0, 0.1) is 0 Å². The molecule has 94 valence electrons. The molecule has 0 bridgehead atoms. The molecule has 0 aliphatic heterocycles. The Morgan fingerprint density at radius 1 is 1.00 bits per heavy atom. The number of rotatable bonds is 2. The predicted molar refractivity (Wildman–Crippen MR) is 74.0 cm³/mol. The van der Waals surface area contributed by atoms with Crippen molar-refractivity contribution in [2.75, 3.05) is 5.73 Å². The van der Waals surface area contributed by atoms with Gasteiger partial charge in [0.1, 0.15) is 0 Å². The zero-order valence-corrected chi connectivity index (χ0v) is 10.6. The zero-order chi connectivity index (χ0) is 13.2. The highest BCUT2D eigenvalue weighted by atomic mass is 35.5. The van der Waals surface area contributed by atoms with Crippen molar-refractivity contribution < 1.29 is 0 Å². The number of nitrogens with zero attached hydrogens (tertiary/aromatic N) is 4. The average Bonchev–Trinajstić information content (AvgIpc) is 2.92. The number of hydrogen-bond donors (Lipinski definition) is 1. The van der Waals surface area contributed by atoms with E-state index in [1.54, 1.807) is 10.7 Å². The fourth-order valence-corrected chi connectivity index (χ4v) is 2.00. The van der Waals surface area contributed by atoms with Gasteiger partial charge in [0.15, 0.2) is 5.82 Å². The number of nitrogens with two attached hydrogens (primary N) is 1. The van der Waals surface area contributed by atoms with Gasteiger partial charge >= 0.3 is 0 Å². The van der Waals surface area contributed by atoms with Gasteiger partial charge < -0.3 is 5.73 Å². The predicted octanol–water partition coefficient (Wildman–Crippen LogP) is 2.56. The van der Waals surface area contributed by atoms with Crippen LogP contribution in [0.3, 0.4) is 0 Å². The summed E-state index contributed by atoms with van der Waals surface area (Å²) in [6.07, 6.45) is 0. The van der Waals surface area contributed by atoms with Crippen molar-refractivity contribution in [2.24, 2.45) is 0 Å². The van der Waals surface area contributed by atoms with Crippen molar-refractivity contribution in [1.82, 2.24) is 20.2 Å². The van der Waals surface area contributed by atoms with Crippen molar-refractivity contribution >= 4 is 17.3 Å².